The van der Waals surface area contributed by atoms with Crippen molar-refractivity contribution in [2.24, 2.45) is 4.99 Å². The van der Waals surface area contributed by atoms with Crippen molar-refractivity contribution in [1.29, 1.82) is 0 Å². The van der Waals surface area contributed by atoms with Gasteiger partial charge in [0.2, 0.25) is 0 Å². The molecule has 0 bridgehead atoms. The first kappa shape index (κ1) is 22.4. The summed E-state index contributed by atoms with van der Waals surface area (Å²) in [6.07, 6.45) is 1.60. The van der Waals surface area contributed by atoms with E-state index in [1.54, 1.807) is 13.0 Å². The third-order valence-electron chi connectivity index (χ3n) is 6.15. The van der Waals surface area contributed by atoms with Gasteiger partial charge in [0.15, 0.2) is 17.4 Å². The maximum atomic E-state index is 13.0. The van der Waals surface area contributed by atoms with Crippen LogP contribution in [0.5, 0.6) is 0 Å². The predicted molar refractivity (Wildman–Crippen MR) is 130 cm³/mol. The van der Waals surface area contributed by atoms with Crippen LogP contribution in [0.3, 0.4) is 0 Å². The van der Waals surface area contributed by atoms with Crippen molar-refractivity contribution in [3.05, 3.63) is 48.0 Å². The molecule has 2 aromatic rings. The maximum Gasteiger partial charge on any atom is 0.299 e. The molecular weight excluding hydrogens is 426 g/mol. The van der Waals surface area contributed by atoms with Gasteiger partial charge in [-0.1, -0.05) is 25.1 Å². The number of piperazine rings is 1. The Morgan fingerprint density at radius 2 is 1.75 bits per heavy atom. The predicted octanol–water partition coefficient (Wildman–Crippen LogP) is 2.19. The molecule has 170 valence electrons. The third kappa shape index (κ3) is 4.28. The van der Waals surface area contributed by atoms with Gasteiger partial charge in [-0.2, -0.15) is 12.3 Å². The molecular formula is C23H30N5O3S+. The fourth-order valence-electron chi connectivity index (χ4n) is 4.35. The highest BCUT2D eigenvalue weighted by molar-refractivity contribution is 7.90. The number of ketones is 1. The summed E-state index contributed by atoms with van der Waals surface area (Å²) >= 11 is 0. The maximum absolute atomic E-state index is 13.0. The molecule has 2 aromatic carbocycles. The Kier molecular flexibility index (Phi) is 6.32. The molecule has 9 heteroatoms. The van der Waals surface area contributed by atoms with E-state index in [9.17, 15) is 13.2 Å². The summed E-state index contributed by atoms with van der Waals surface area (Å²) in [7, 11) is -3.51. The Morgan fingerprint density at radius 1 is 1.06 bits per heavy atom. The molecule has 0 spiro atoms. The summed E-state index contributed by atoms with van der Waals surface area (Å²) in [5, 5.41) is 9.66. The van der Waals surface area contributed by atoms with Crippen molar-refractivity contribution in [2.75, 3.05) is 50.8 Å². The number of rotatable bonds is 6. The summed E-state index contributed by atoms with van der Waals surface area (Å²) < 4.78 is 25.9. The Morgan fingerprint density at radius 3 is 2.34 bits per heavy atom. The number of aliphatic imine (C=N–C) groups is 1. The second-order valence-electron chi connectivity index (χ2n) is 8.19. The number of guanidine groups is 1. The van der Waals surface area contributed by atoms with Crippen LogP contribution in [0.2, 0.25) is 0 Å². The Hall–Kier alpha value is -2.75. The van der Waals surface area contributed by atoms with Crippen molar-refractivity contribution >= 4 is 33.1 Å². The number of anilines is 1. The minimum Gasteiger partial charge on any atom is -0.354 e. The van der Waals surface area contributed by atoms with Crippen LogP contribution in [-0.2, 0) is 10.0 Å². The lowest BCUT2D eigenvalue weighted by molar-refractivity contribution is 0.0987. The van der Waals surface area contributed by atoms with Crippen molar-refractivity contribution in [2.45, 2.75) is 13.3 Å². The molecule has 0 aliphatic carbocycles. The minimum atomic E-state index is -3.51. The quantitative estimate of drug-likeness (QED) is 0.455. The van der Waals surface area contributed by atoms with Crippen LogP contribution in [-0.4, -0.2) is 65.7 Å². The van der Waals surface area contributed by atoms with E-state index >= 15 is 0 Å². The van der Waals surface area contributed by atoms with Gasteiger partial charge in [0.25, 0.3) is 10.0 Å². The normalized spacial score (nSPS) is 18.0. The Balaban J connectivity index is 1.76. The van der Waals surface area contributed by atoms with E-state index in [2.05, 4.69) is 20.9 Å². The second-order valence-corrected chi connectivity index (χ2v) is 10.4. The SMILES string of the molecule is CCC(=O)c1ccc(-c2ccc(NC3=NCCN3)cc2)cc1[N+]1(S(C)(=O)=O)CCNCC1. The van der Waals surface area contributed by atoms with Gasteiger partial charge >= 0.3 is 0 Å². The van der Waals surface area contributed by atoms with Gasteiger partial charge in [-0.25, -0.2) is 0 Å². The largest absolute Gasteiger partial charge is 0.354 e. The number of hydrogen-bond donors (Lipinski definition) is 3. The fourth-order valence-corrected chi connectivity index (χ4v) is 5.70. The zero-order chi connectivity index (χ0) is 22.8. The van der Waals surface area contributed by atoms with E-state index in [0.29, 0.717) is 43.9 Å². The highest BCUT2D eigenvalue weighted by atomic mass is 32.2. The molecule has 0 radical (unpaired) electrons. The van der Waals surface area contributed by atoms with Crippen LogP contribution in [0, 0.1) is 0 Å². The highest BCUT2D eigenvalue weighted by Crippen LogP contribution is 2.36. The van der Waals surface area contributed by atoms with Gasteiger partial charge in [0, 0.05) is 37.8 Å². The van der Waals surface area contributed by atoms with Gasteiger partial charge in [0.1, 0.15) is 13.1 Å². The number of hydrogen-bond acceptors (Lipinski definition) is 7. The molecule has 0 amide bonds. The summed E-state index contributed by atoms with van der Waals surface area (Å²) in [4.78, 5) is 17.1. The summed E-state index contributed by atoms with van der Waals surface area (Å²) in [5.74, 6) is 0.719. The van der Waals surface area contributed by atoms with Crippen molar-refractivity contribution < 1.29 is 13.2 Å². The molecule has 8 nitrogen and oxygen atoms in total. The molecule has 2 aliphatic rings. The van der Waals surface area contributed by atoms with Gasteiger partial charge in [-0.3, -0.25) is 9.79 Å². The molecule has 0 atom stereocenters. The van der Waals surface area contributed by atoms with Crippen LogP contribution in [0.25, 0.3) is 11.1 Å². The minimum absolute atomic E-state index is 0.0457. The first-order valence-corrected chi connectivity index (χ1v) is 12.8. The number of sulfonamides is 1. The fraction of sp³-hybridized carbons (Fsp3) is 0.391. The lowest BCUT2D eigenvalue weighted by Crippen LogP contribution is -2.63. The van der Waals surface area contributed by atoms with E-state index in [4.69, 9.17) is 0 Å². The topological polar surface area (TPSA) is 99.7 Å². The number of nitrogens with one attached hydrogen (secondary N) is 3. The van der Waals surface area contributed by atoms with Crippen LogP contribution in [0.15, 0.2) is 47.5 Å². The molecule has 0 unspecified atom stereocenters. The highest BCUT2D eigenvalue weighted by Gasteiger charge is 2.44. The Bertz CT molecular complexity index is 1140. The number of benzene rings is 2. The van der Waals surface area contributed by atoms with Crippen molar-refractivity contribution in [3.8, 4) is 11.1 Å². The summed E-state index contributed by atoms with van der Waals surface area (Å²) in [6, 6.07) is 13.5. The van der Waals surface area contributed by atoms with Crippen molar-refractivity contribution in [1.82, 2.24) is 14.5 Å². The zero-order valence-corrected chi connectivity index (χ0v) is 19.3. The monoisotopic (exact) mass is 456 g/mol. The van der Waals surface area contributed by atoms with E-state index < -0.39 is 10.0 Å². The number of carbonyl (C=O) groups is 1. The average molecular weight is 457 g/mol. The molecule has 1 fully saturated rings. The van der Waals surface area contributed by atoms with E-state index in [1.165, 1.54) is 6.26 Å². The Labute approximate surface area is 189 Å². The smallest absolute Gasteiger partial charge is 0.299 e. The van der Waals surface area contributed by atoms with E-state index in [1.807, 2.05) is 36.4 Å². The van der Waals surface area contributed by atoms with Crippen LogP contribution in [0.4, 0.5) is 11.4 Å². The van der Waals surface area contributed by atoms with Gasteiger partial charge in [-0.05, 0) is 29.3 Å². The third-order valence-corrected chi connectivity index (χ3v) is 7.98. The first-order chi connectivity index (χ1) is 15.3. The molecule has 0 saturated carbocycles. The number of Topliss-reactive ketones (excluding diaryl/α,β-unsaturated/α-hetero) is 1. The molecule has 32 heavy (non-hydrogen) atoms. The van der Waals surface area contributed by atoms with Crippen LogP contribution in [0.1, 0.15) is 23.7 Å². The summed E-state index contributed by atoms with van der Waals surface area (Å²) in [6.45, 7) is 5.35. The molecule has 4 rings (SSSR count). The van der Waals surface area contributed by atoms with Gasteiger partial charge in [0.05, 0.1) is 18.4 Å². The average Bonchev–Trinajstić information content (AvgIpc) is 3.31. The number of nitrogens with zero attached hydrogens (tertiary/aromatic N) is 2. The molecule has 2 heterocycles. The first-order valence-electron chi connectivity index (χ1n) is 11.0. The van der Waals surface area contributed by atoms with Crippen molar-refractivity contribution in [3.63, 3.8) is 0 Å². The molecule has 0 aromatic heterocycles. The van der Waals surface area contributed by atoms with E-state index in [-0.39, 0.29) is 9.67 Å². The lowest BCUT2D eigenvalue weighted by atomic mass is 9.98. The summed E-state index contributed by atoms with van der Waals surface area (Å²) in [5.41, 5.74) is 3.82. The van der Waals surface area contributed by atoms with E-state index in [0.717, 1.165) is 35.9 Å². The molecule has 3 N–H and O–H groups in total. The number of quaternary nitrogens is 1. The standard InChI is InChI=1S/C23H29N5O3S/c1-3-22(29)20-9-6-18(16-21(20)28(32(2,30)31)14-12-24-13-15-28)17-4-7-19(8-5-17)27-23-25-10-11-26-23/h4-9,16,24H,3,10-15H2,1-2H3,(H-,25,26,27,29)/p+1. The van der Waals surface area contributed by atoms with Crippen LogP contribution >= 0.6 is 0 Å². The number of carbonyl (C=O) groups excluding carboxylic acids is 1. The molecule has 1 saturated heterocycles. The van der Waals surface area contributed by atoms with Gasteiger partial charge < -0.3 is 16.0 Å². The molecule has 2 aliphatic heterocycles. The lowest BCUT2D eigenvalue weighted by Gasteiger charge is -2.39. The van der Waals surface area contributed by atoms with Crippen LogP contribution < -0.4 is 19.8 Å². The second kappa shape index (κ2) is 9.01. The zero-order valence-electron chi connectivity index (χ0n) is 18.5. The van der Waals surface area contributed by atoms with Gasteiger partial charge in [-0.15, -0.1) is 0 Å².